The van der Waals surface area contributed by atoms with Gasteiger partial charge in [0, 0.05) is 5.75 Å². The first kappa shape index (κ1) is 21.8. The number of ether oxygens (including phenoxy) is 1. The van der Waals surface area contributed by atoms with E-state index < -0.39 is 0 Å². The molecule has 132 valence electrons. The molecule has 0 saturated heterocycles. The van der Waals surface area contributed by atoms with Crippen molar-refractivity contribution in [2.75, 3.05) is 18.6 Å². The van der Waals surface area contributed by atoms with E-state index in [9.17, 15) is 4.79 Å². The highest BCUT2D eigenvalue weighted by molar-refractivity contribution is 7.98. The van der Waals surface area contributed by atoms with Crippen LogP contribution in [0.5, 0.6) is 0 Å². The Bertz CT molecular complexity index is 231. The molecule has 0 saturated carbocycles. The molecule has 0 amide bonds. The summed E-state index contributed by atoms with van der Waals surface area (Å²) in [6.45, 7) is 2.89. The average Bonchev–Trinajstić information content (AvgIpc) is 2.53. The third-order valence-electron chi connectivity index (χ3n) is 4.02. The predicted octanol–water partition coefficient (Wildman–Crippen LogP) is 6.37. The topological polar surface area (TPSA) is 26.3 Å². The minimum absolute atomic E-state index is 0.0340. The minimum atomic E-state index is -0.0340. The van der Waals surface area contributed by atoms with E-state index in [2.05, 4.69) is 6.92 Å². The van der Waals surface area contributed by atoms with Gasteiger partial charge in [0.1, 0.15) is 0 Å². The van der Waals surface area contributed by atoms with E-state index in [1.807, 2.05) is 6.26 Å². The van der Waals surface area contributed by atoms with Crippen molar-refractivity contribution in [1.29, 1.82) is 0 Å². The van der Waals surface area contributed by atoms with Gasteiger partial charge < -0.3 is 4.74 Å². The van der Waals surface area contributed by atoms with Crippen LogP contribution in [0.25, 0.3) is 0 Å². The van der Waals surface area contributed by atoms with E-state index in [0.717, 1.165) is 12.2 Å². The lowest BCUT2D eigenvalue weighted by Gasteiger charge is -2.05. The molecular weight excluding hydrogens is 292 g/mol. The Morgan fingerprint density at radius 3 is 1.68 bits per heavy atom. The molecule has 2 nitrogen and oxygen atoms in total. The molecule has 0 aromatic heterocycles. The van der Waals surface area contributed by atoms with E-state index in [1.165, 1.54) is 77.0 Å². The lowest BCUT2D eigenvalue weighted by molar-refractivity contribution is -0.143. The monoisotopic (exact) mass is 330 g/mol. The number of hydrogen-bond donors (Lipinski definition) is 0. The number of esters is 1. The fraction of sp³-hybridized carbons (Fsp3) is 0.947. The first-order valence-electron chi connectivity index (χ1n) is 9.45. The van der Waals surface area contributed by atoms with Crippen LogP contribution in [0.1, 0.15) is 96.8 Å². The summed E-state index contributed by atoms with van der Waals surface area (Å²) in [6.07, 6.45) is 20.1. The van der Waals surface area contributed by atoms with Crippen molar-refractivity contribution in [2.24, 2.45) is 0 Å². The van der Waals surface area contributed by atoms with Crippen LogP contribution < -0.4 is 0 Å². The van der Waals surface area contributed by atoms with Crippen molar-refractivity contribution in [3.05, 3.63) is 0 Å². The molecule has 0 bridgehead atoms. The van der Waals surface area contributed by atoms with Crippen LogP contribution in [0.4, 0.5) is 0 Å². The normalized spacial score (nSPS) is 10.8. The summed E-state index contributed by atoms with van der Waals surface area (Å²) in [6, 6.07) is 0. The summed E-state index contributed by atoms with van der Waals surface area (Å²) in [4.78, 5) is 11.3. The zero-order valence-corrected chi connectivity index (χ0v) is 15.9. The molecule has 3 heteroatoms. The largest absolute Gasteiger partial charge is 0.466 e. The Hall–Kier alpha value is -0.180. The molecule has 0 aliphatic carbocycles. The first-order valence-corrected chi connectivity index (χ1v) is 10.8. The molecule has 0 aromatic carbocycles. The van der Waals surface area contributed by atoms with Gasteiger partial charge in [0.05, 0.1) is 13.0 Å². The van der Waals surface area contributed by atoms with Crippen molar-refractivity contribution in [1.82, 2.24) is 0 Å². The number of carbonyl (C=O) groups excluding carboxylic acids is 1. The molecule has 0 fully saturated rings. The minimum Gasteiger partial charge on any atom is -0.466 e. The van der Waals surface area contributed by atoms with E-state index >= 15 is 0 Å². The van der Waals surface area contributed by atoms with Crippen LogP contribution in [0, 0.1) is 0 Å². The van der Waals surface area contributed by atoms with Crippen LogP contribution in [0.3, 0.4) is 0 Å². The molecule has 0 aliphatic rings. The molecule has 0 rings (SSSR count). The second-order valence-corrected chi connectivity index (χ2v) is 7.19. The van der Waals surface area contributed by atoms with Gasteiger partial charge in [0.15, 0.2) is 0 Å². The van der Waals surface area contributed by atoms with Crippen molar-refractivity contribution >= 4 is 17.7 Å². The van der Waals surface area contributed by atoms with Gasteiger partial charge in [-0.2, -0.15) is 11.8 Å². The van der Waals surface area contributed by atoms with Gasteiger partial charge in [-0.3, -0.25) is 4.79 Å². The maximum absolute atomic E-state index is 11.3. The maximum Gasteiger partial charge on any atom is 0.306 e. The highest BCUT2D eigenvalue weighted by atomic mass is 32.2. The summed E-state index contributed by atoms with van der Waals surface area (Å²) >= 11 is 1.69. The Kier molecular flexibility index (Phi) is 18.7. The standard InChI is InChI=1S/C19H38O2S/c1-3-4-5-6-7-8-9-10-11-12-13-14-15-17-21-19(20)16-18-22-2/h3-18H2,1-2H3. The summed E-state index contributed by atoms with van der Waals surface area (Å²) in [5.41, 5.74) is 0. The molecule has 0 unspecified atom stereocenters. The second kappa shape index (κ2) is 18.9. The molecule has 22 heavy (non-hydrogen) atoms. The summed E-state index contributed by atoms with van der Waals surface area (Å²) in [5, 5.41) is 0. The summed E-state index contributed by atoms with van der Waals surface area (Å²) in [5.74, 6) is 0.838. The quantitative estimate of drug-likeness (QED) is 0.229. The van der Waals surface area contributed by atoms with Gasteiger partial charge in [-0.05, 0) is 12.7 Å². The van der Waals surface area contributed by atoms with Gasteiger partial charge in [0.25, 0.3) is 0 Å². The Labute approximate surface area is 143 Å². The lowest BCUT2D eigenvalue weighted by atomic mass is 10.0. The fourth-order valence-electron chi connectivity index (χ4n) is 2.56. The molecule has 0 heterocycles. The Balaban J connectivity index is 3.04. The SMILES string of the molecule is CCCCCCCCCCCCCCCOC(=O)CCSC. The van der Waals surface area contributed by atoms with Crippen molar-refractivity contribution in [2.45, 2.75) is 96.8 Å². The number of rotatable bonds is 17. The van der Waals surface area contributed by atoms with Gasteiger partial charge in [0.2, 0.25) is 0 Å². The smallest absolute Gasteiger partial charge is 0.306 e. The first-order chi connectivity index (χ1) is 10.8. The van der Waals surface area contributed by atoms with Gasteiger partial charge >= 0.3 is 5.97 Å². The van der Waals surface area contributed by atoms with E-state index in [0.29, 0.717) is 13.0 Å². The van der Waals surface area contributed by atoms with Crippen molar-refractivity contribution in [3.63, 3.8) is 0 Å². The Morgan fingerprint density at radius 2 is 1.23 bits per heavy atom. The highest BCUT2D eigenvalue weighted by Gasteiger charge is 2.01. The van der Waals surface area contributed by atoms with Crippen LogP contribution in [0.2, 0.25) is 0 Å². The molecule has 0 spiro atoms. The predicted molar refractivity (Wildman–Crippen MR) is 99.7 cm³/mol. The molecule has 0 aromatic rings. The zero-order chi connectivity index (χ0) is 16.3. The van der Waals surface area contributed by atoms with Gasteiger partial charge in [-0.25, -0.2) is 0 Å². The molecule has 0 radical (unpaired) electrons. The van der Waals surface area contributed by atoms with E-state index in [-0.39, 0.29) is 5.97 Å². The van der Waals surface area contributed by atoms with Crippen LogP contribution in [-0.2, 0) is 9.53 Å². The number of hydrogen-bond acceptors (Lipinski definition) is 3. The lowest BCUT2D eigenvalue weighted by Crippen LogP contribution is -2.06. The fourth-order valence-corrected chi connectivity index (χ4v) is 2.93. The molecular formula is C19H38O2S. The van der Waals surface area contributed by atoms with Crippen molar-refractivity contribution < 1.29 is 9.53 Å². The van der Waals surface area contributed by atoms with E-state index in [1.54, 1.807) is 11.8 Å². The number of carbonyl (C=O) groups is 1. The molecule has 0 aliphatic heterocycles. The van der Waals surface area contributed by atoms with Crippen LogP contribution in [-0.4, -0.2) is 24.6 Å². The molecule has 0 N–H and O–H groups in total. The van der Waals surface area contributed by atoms with Crippen LogP contribution in [0.15, 0.2) is 0 Å². The van der Waals surface area contributed by atoms with Gasteiger partial charge in [-0.15, -0.1) is 0 Å². The van der Waals surface area contributed by atoms with E-state index in [4.69, 9.17) is 4.74 Å². The average molecular weight is 331 g/mol. The Morgan fingerprint density at radius 1 is 0.773 bits per heavy atom. The summed E-state index contributed by atoms with van der Waals surface area (Å²) < 4.78 is 5.19. The summed E-state index contributed by atoms with van der Waals surface area (Å²) in [7, 11) is 0. The van der Waals surface area contributed by atoms with Crippen molar-refractivity contribution in [3.8, 4) is 0 Å². The van der Waals surface area contributed by atoms with Gasteiger partial charge in [-0.1, -0.05) is 84.0 Å². The number of unbranched alkanes of at least 4 members (excludes halogenated alkanes) is 12. The zero-order valence-electron chi connectivity index (χ0n) is 15.0. The third-order valence-corrected chi connectivity index (χ3v) is 4.63. The highest BCUT2D eigenvalue weighted by Crippen LogP contribution is 2.12. The molecule has 0 atom stereocenters. The number of thioether (sulfide) groups is 1. The van der Waals surface area contributed by atoms with Crippen LogP contribution >= 0.6 is 11.8 Å². The maximum atomic E-state index is 11.3. The second-order valence-electron chi connectivity index (χ2n) is 6.21. The third kappa shape index (κ3) is 17.9.